The molecule has 0 fully saturated rings. The Bertz CT molecular complexity index is 1670. The number of carboxylic acid groups (broad SMARTS) is 1. The highest BCUT2D eigenvalue weighted by Gasteiger charge is 2.22. The predicted molar refractivity (Wildman–Crippen MR) is 147 cm³/mol. The zero-order valence-corrected chi connectivity index (χ0v) is 22.0. The number of nitrogens with one attached hydrogen (secondary N) is 1. The van der Waals surface area contributed by atoms with Gasteiger partial charge in [-0.2, -0.15) is 5.21 Å². The average Bonchev–Trinajstić information content (AvgIpc) is 3.58. The molecule has 5 rings (SSSR count). The molecule has 0 aliphatic carbocycles. The van der Waals surface area contributed by atoms with E-state index in [1.165, 1.54) is 4.57 Å². The molecule has 2 N–H and O–H groups in total. The molecule has 0 unspecified atom stereocenters. The number of rotatable bonds is 9. The van der Waals surface area contributed by atoms with E-state index in [4.69, 9.17) is 0 Å². The summed E-state index contributed by atoms with van der Waals surface area (Å²) < 4.78 is 3.24. The first kappa shape index (κ1) is 25.8. The van der Waals surface area contributed by atoms with Gasteiger partial charge in [0.1, 0.15) is 0 Å². The fourth-order valence-corrected chi connectivity index (χ4v) is 4.85. The number of H-pyrrole nitrogens is 1. The highest BCUT2D eigenvalue weighted by atomic mass is 16.4. The first-order valence-corrected chi connectivity index (χ1v) is 12.8. The normalized spacial score (nSPS) is 11.3. The number of aromatic nitrogens is 7. The van der Waals surface area contributed by atoms with Crippen LogP contribution in [0, 0.1) is 0 Å². The van der Waals surface area contributed by atoms with Crippen LogP contribution in [-0.4, -0.2) is 45.8 Å². The lowest BCUT2D eigenvalue weighted by Crippen LogP contribution is -2.26. The molecule has 0 aliphatic rings. The number of hydrogen-bond donors (Lipinski definition) is 2. The molecule has 5 aromatic rings. The van der Waals surface area contributed by atoms with E-state index in [1.807, 2.05) is 50.2 Å². The molecule has 3 heterocycles. The molecular weight excluding hydrogens is 494 g/mol. The maximum absolute atomic E-state index is 13.8. The summed E-state index contributed by atoms with van der Waals surface area (Å²) in [5.41, 5.74) is 5.54. The van der Waals surface area contributed by atoms with Gasteiger partial charge >= 0.3 is 11.7 Å². The maximum Gasteiger partial charge on any atom is 0.337 e. The van der Waals surface area contributed by atoms with Gasteiger partial charge in [-0.15, -0.1) is 10.2 Å². The molecule has 10 nitrogen and oxygen atoms in total. The van der Waals surface area contributed by atoms with E-state index >= 15 is 0 Å². The molecule has 0 saturated heterocycles. The summed E-state index contributed by atoms with van der Waals surface area (Å²) in [4.78, 5) is 30.1. The third-order valence-corrected chi connectivity index (χ3v) is 6.74. The van der Waals surface area contributed by atoms with Gasteiger partial charge in [-0.1, -0.05) is 63.6 Å². The van der Waals surface area contributed by atoms with E-state index in [1.54, 1.807) is 35.3 Å². The summed E-state index contributed by atoms with van der Waals surface area (Å²) in [5.74, 6) is -0.556. The number of aromatic amines is 1. The van der Waals surface area contributed by atoms with Crippen LogP contribution < -0.4 is 5.69 Å². The van der Waals surface area contributed by atoms with E-state index in [-0.39, 0.29) is 17.2 Å². The fourth-order valence-electron chi connectivity index (χ4n) is 4.85. The van der Waals surface area contributed by atoms with Crippen molar-refractivity contribution in [1.29, 1.82) is 0 Å². The van der Waals surface area contributed by atoms with Gasteiger partial charge < -0.3 is 5.11 Å². The Morgan fingerprint density at radius 2 is 1.87 bits per heavy atom. The molecule has 198 valence electrons. The third-order valence-electron chi connectivity index (χ3n) is 6.74. The Hall–Kier alpha value is -4.86. The van der Waals surface area contributed by atoms with Gasteiger partial charge in [-0.05, 0) is 51.9 Å². The molecule has 0 saturated carbocycles. The average molecular weight is 524 g/mol. The Morgan fingerprint density at radius 3 is 2.54 bits per heavy atom. The van der Waals surface area contributed by atoms with Gasteiger partial charge in [-0.3, -0.25) is 14.1 Å². The number of imidazole rings is 1. The number of nitrogens with zero attached hydrogens (tertiary/aromatic N) is 6. The number of tetrazole rings is 1. The molecule has 0 radical (unpaired) electrons. The molecule has 0 spiro atoms. The largest absolute Gasteiger partial charge is 0.478 e. The Labute approximate surface area is 225 Å². The van der Waals surface area contributed by atoms with Gasteiger partial charge in [0.25, 0.3) is 0 Å². The molecular formula is C29H29N7O3. The molecule has 0 aliphatic heterocycles. The predicted octanol–water partition coefficient (Wildman–Crippen LogP) is 4.70. The fraction of sp³-hybridized carbons (Fsp3) is 0.241. The number of benzene rings is 2. The first-order valence-electron chi connectivity index (χ1n) is 12.8. The van der Waals surface area contributed by atoms with Gasteiger partial charge in [0.2, 0.25) is 5.82 Å². The molecule has 39 heavy (non-hydrogen) atoms. The molecule has 3 aromatic heterocycles. The summed E-state index contributed by atoms with van der Waals surface area (Å²) in [6, 6.07) is 15.0. The second-order valence-corrected chi connectivity index (χ2v) is 9.67. The van der Waals surface area contributed by atoms with Crippen molar-refractivity contribution < 1.29 is 9.90 Å². The zero-order chi connectivity index (χ0) is 27.5. The van der Waals surface area contributed by atoms with Crippen molar-refractivity contribution >= 4 is 5.97 Å². The van der Waals surface area contributed by atoms with Gasteiger partial charge in [-0.25, -0.2) is 9.59 Å². The van der Waals surface area contributed by atoms with E-state index in [0.717, 1.165) is 39.9 Å². The van der Waals surface area contributed by atoms with Gasteiger partial charge in [0.05, 0.1) is 17.8 Å². The number of hydrogen-bond acceptors (Lipinski definition) is 6. The maximum atomic E-state index is 13.8. The van der Waals surface area contributed by atoms with Crippen LogP contribution in [0.1, 0.15) is 60.3 Å². The SMILES string of the molecule is CCCc1cn(-c2c(C(=O)O)cccc2C(C)C)c(=O)n1Cc1ccc(-c2ccncc2-c2nn[nH]n2)cc1. The first-order chi connectivity index (χ1) is 18.9. The minimum absolute atomic E-state index is 0.0437. The van der Waals surface area contributed by atoms with Crippen LogP contribution in [0.3, 0.4) is 0 Å². The van der Waals surface area contributed by atoms with Crippen molar-refractivity contribution in [2.75, 3.05) is 0 Å². The summed E-state index contributed by atoms with van der Waals surface area (Å²) in [6.45, 7) is 6.41. The number of carboxylic acids is 1. The standard InChI is InChI=1S/C29H29N7O3/c1-4-6-21-17-36(26-22(18(2)3)7-5-8-24(26)28(37)38)29(39)35(21)16-19-9-11-20(12-10-19)23-13-14-30-15-25(23)27-31-33-34-32-27/h5,7-15,17-18H,4,6,16H2,1-3H3,(H,37,38)(H,31,32,33,34). The van der Waals surface area contributed by atoms with Crippen LogP contribution in [-0.2, 0) is 13.0 Å². The summed E-state index contributed by atoms with van der Waals surface area (Å²) >= 11 is 0. The van der Waals surface area contributed by atoms with Crippen molar-refractivity contribution in [3.63, 3.8) is 0 Å². The minimum atomic E-state index is -1.06. The Kier molecular flexibility index (Phi) is 7.18. The highest BCUT2D eigenvalue weighted by molar-refractivity contribution is 5.92. The molecule has 0 bridgehead atoms. The highest BCUT2D eigenvalue weighted by Crippen LogP contribution is 2.30. The lowest BCUT2D eigenvalue weighted by Gasteiger charge is -2.15. The number of aromatic carboxylic acids is 1. The van der Waals surface area contributed by atoms with Crippen LogP contribution in [0.25, 0.3) is 28.2 Å². The van der Waals surface area contributed by atoms with Crippen molar-refractivity contribution in [2.45, 2.75) is 46.1 Å². The number of carbonyl (C=O) groups is 1. The lowest BCUT2D eigenvalue weighted by atomic mass is 9.97. The second-order valence-electron chi connectivity index (χ2n) is 9.67. The monoisotopic (exact) mass is 523 g/mol. The van der Waals surface area contributed by atoms with E-state index in [9.17, 15) is 14.7 Å². The van der Waals surface area contributed by atoms with Crippen molar-refractivity contribution in [3.8, 4) is 28.2 Å². The second kappa shape index (κ2) is 10.9. The van der Waals surface area contributed by atoms with Crippen LogP contribution in [0.2, 0.25) is 0 Å². The van der Waals surface area contributed by atoms with Crippen LogP contribution in [0.15, 0.2) is 71.9 Å². The number of pyridine rings is 1. The van der Waals surface area contributed by atoms with Crippen LogP contribution in [0.5, 0.6) is 0 Å². The third kappa shape index (κ3) is 5.00. The molecule has 0 amide bonds. The summed E-state index contributed by atoms with van der Waals surface area (Å²) in [5, 5.41) is 24.2. The Morgan fingerprint density at radius 1 is 1.08 bits per heavy atom. The van der Waals surface area contributed by atoms with Crippen LogP contribution in [0.4, 0.5) is 0 Å². The number of para-hydroxylation sites is 1. The van der Waals surface area contributed by atoms with E-state index in [2.05, 4.69) is 32.5 Å². The lowest BCUT2D eigenvalue weighted by molar-refractivity contribution is 0.0696. The minimum Gasteiger partial charge on any atom is -0.478 e. The number of aryl methyl sites for hydroxylation is 1. The Balaban J connectivity index is 1.53. The zero-order valence-electron chi connectivity index (χ0n) is 22.0. The quantitative estimate of drug-likeness (QED) is 0.286. The van der Waals surface area contributed by atoms with Crippen LogP contribution >= 0.6 is 0 Å². The van der Waals surface area contributed by atoms with E-state index in [0.29, 0.717) is 24.5 Å². The summed E-state index contributed by atoms with van der Waals surface area (Å²) in [6.07, 6.45) is 6.75. The van der Waals surface area contributed by atoms with Crippen molar-refractivity contribution in [2.24, 2.45) is 0 Å². The van der Waals surface area contributed by atoms with E-state index < -0.39 is 5.97 Å². The van der Waals surface area contributed by atoms with Crippen molar-refractivity contribution in [3.05, 3.63) is 100.0 Å². The van der Waals surface area contributed by atoms with Gasteiger partial charge in [0, 0.05) is 29.8 Å². The van der Waals surface area contributed by atoms with Gasteiger partial charge in [0.15, 0.2) is 0 Å². The molecule has 2 aromatic carbocycles. The molecule has 0 atom stereocenters. The molecule has 10 heteroatoms. The topological polar surface area (TPSA) is 132 Å². The smallest absolute Gasteiger partial charge is 0.337 e. The summed E-state index contributed by atoms with van der Waals surface area (Å²) in [7, 11) is 0. The van der Waals surface area contributed by atoms with Crippen molar-refractivity contribution in [1.82, 2.24) is 34.7 Å².